The second kappa shape index (κ2) is 11.8. The van der Waals surface area contributed by atoms with Gasteiger partial charge in [0.05, 0.1) is 0 Å². The monoisotopic (exact) mass is 457 g/mol. The Bertz CT molecular complexity index is 717. The first-order valence-corrected chi connectivity index (χ1v) is 10.7. The summed E-state index contributed by atoms with van der Waals surface area (Å²) in [4.78, 5) is 59.3. The summed E-state index contributed by atoms with van der Waals surface area (Å²) in [5.41, 5.74) is 0. The second-order valence-corrected chi connectivity index (χ2v) is 8.05. The van der Waals surface area contributed by atoms with E-state index in [1.165, 1.54) is 6.92 Å². The molecule has 2 fully saturated rings. The van der Waals surface area contributed by atoms with Crippen molar-refractivity contribution >= 4 is 29.8 Å². The van der Waals surface area contributed by atoms with E-state index in [0.29, 0.717) is 0 Å². The van der Waals surface area contributed by atoms with Gasteiger partial charge in [-0.3, -0.25) is 24.0 Å². The molecule has 0 aromatic heterocycles. The Kier molecular flexibility index (Phi) is 9.42. The molecule has 1 aliphatic heterocycles. The smallest absolute Gasteiger partial charge is 0.305 e. The van der Waals surface area contributed by atoms with Crippen molar-refractivity contribution in [1.82, 2.24) is 5.32 Å². The quantitative estimate of drug-likeness (QED) is 0.410. The van der Waals surface area contributed by atoms with Gasteiger partial charge in [0.15, 0.2) is 12.2 Å². The third-order valence-electron chi connectivity index (χ3n) is 5.26. The van der Waals surface area contributed by atoms with Crippen molar-refractivity contribution in [3.63, 3.8) is 0 Å². The van der Waals surface area contributed by atoms with Crippen molar-refractivity contribution in [1.29, 1.82) is 0 Å². The molecule has 1 N–H and O–H groups in total. The molecule has 11 heteroatoms. The molecule has 11 nitrogen and oxygen atoms in total. The highest BCUT2D eigenvalue weighted by Gasteiger charge is 2.52. The zero-order chi connectivity index (χ0) is 23.8. The second-order valence-electron chi connectivity index (χ2n) is 8.05. The maximum Gasteiger partial charge on any atom is 0.305 e. The first-order valence-electron chi connectivity index (χ1n) is 10.7. The summed E-state index contributed by atoms with van der Waals surface area (Å²) in [5.74, 6) is -2.83. The van der Waals surface area contributed by atoms with Gasteiger partial charge in [-0.05, 0) is 18.8 Å². The Morgan fingerprint density at radius 1 is 0.812 bits per heavy atom. The number of hydrogen-bond donors (Lipinski definition) is 1. The lowest BCUT2D eigenvalue weighted by Crippen LogP contribution is -2.67. The van der Waals surface area contributed by atoms with Gasteiger partial charge >= 0.3 is 23.9 Å². The van der Waals surface area contributed by atoms with E-state index in [0.717, 1.165) is 46.5 Å². The average molecular weight is 457 g/mol. The molecule has 0 aromatic rings. The molecule has 0 bridgehead atoms. The molecule has 32 heavy (non-hydrogen) atoms. The van der Waals surface area contributed by atoms with Crippen LogP contribution in [0.2, 0.25) is 0 Å². The number of nitrogens with one attached hydrogen (secondary N) is 1. The fourth-order valence-corrected chi connectivity index (χ4v) is 4.04. The summed E-state index contributed by atoms with van der Waals surface area (Å²) in [6, 6.07) is -1.14. The number of ether oxygens (including phenoxy) is 5. The molecule has 180 valence electrons. The predicted molar refractivity (Wildman–Crippen MR) is 107 cm³/mol. The van der Waals surface area contributed by atoms with Crippen LogP contribution in [0.4, 0.5) is 0 Å². The van der Waals surface area contributed by atoms with Crippen LogP contribution in [0, 0.1) is 5.92 Å². The fourth-order valence-electron chi connectivity index (χ4n) is 4.04. The van der Waals surface area contributed by atoms with Crippen LogP contribution in [-0.2, 0) is 47.7 Å². The summed E-state index contributed by atoms with van der Waals surface area (Å²) in [5, 5.41) is 2.73. The third-order valence-corrected chi connectivity index (χ3v) is 5.26. The lowest BCUT2D eigenvalue weighted by molar-refractivity contribution is -0.271. The van der Waals surface area contributed by atoms with Crippen molar-refractivity contribution in [2.24, 2.45) is 5.92 Å². The van der Waals surface area contributed by atoms with Gasteiger partial charge in [0.25, 0.3) is 0 Å². The molecule has 1 unspecified atom stereocenters. The number of amides is 1. The van der Waals surface area contributed by atoms with Gasteiger partial charge < -0.3 is 29.0 Å². The van der Waals surface area contributed by atoms with Gasteiger partial charge in [-0.25, -0.2) is 0 Å². The molecule has 1 aliphatic carbocycles. The molecule has 1 saturated carbocycles. The van der Waals surface area contributed by atoms with Gasteiger partial charge in [-0.1, -0.05) is 12.8 Å². The Labute approximate surface area is 186 Å². The zero-order valence-electron chi connectivity index (χ0n) is 18.8. The SMILES string of the molecule is CC(=O)OC[C@H]1OC(OC(C)=O)[C@@H](NC(=O)CC2CCCC2)[C@@H](OC(C)=O)[C@@H]1OC(C)=O. The van der Waals surface area contributed by atoms with E-state index in [1.807, 2.05) is 0 Å². The van der Waals surface area contributed by atoms with Crippen LogP contribution in [0.25, 0.3) is 0 Å². The van der Waals surface area contributed by atoms with Crippen molar-refractivity contribution in [3.8, 4) is 0 Å². The van der Waals surface area contributed by atoms with Crippen molar-refractivity contribution < 1.29 is 47.7 Å². The van der Waals surface area contributed by atoms with Crippen LogP contribution < -0.4 is 5.32 Å². The van der Waals surface area contributed by atoms with E-state index >= 15 is 0 Å². The minimum atomic E-state index is -1.36. The Hall–Kier alpha value is -2.69. The van der Waals surface area contributed by atoms with Crippen LogP contribution in [-0.4, -0.2) is 67.0 Å². The fraction of sp³-hybridized carbons (Fsp3) is 0.762. The van der Waals surface area contributed by atoms with Crippen molar-refractivity contribution in [3.05, 3.63) is 0 Å². The minimum Gasteiger partial charge on any atom is -0.463 e. The van der Waals surface area contributed by atoms with Crippen molar-refractivity contribution in [2.75, 3.05) is 6.61 Å². The summed E-state index contributed by atoms with van der Waals surface area (Å²) < 4.78 is 26.7. The molecule has 1 heterocycles. The van der Waals surface area contributed by atoms with Crippen LogP contribution in [0.3, 0.4) is 0 Å². The van der Waals surface area contributed by atoms with Gasteiger partial charge in [0.2, 0.25) is 12.2 Å². The number of hydrogen-bond acceptors (Lipinski definition) is 10. The van der Waals surface area contributed by atoms with Crippen LogP contribution in [0.1, 0.15) is 59.8 Å². The summed E-state index contributed by atoms with van der Waals surface area (Å²) in [6.07, 6.45) is -0.693. The van der Waals surface area contributed by atoms with E-state index < -0.39 is 54.5 Å². The summed E-state index contributed by atoms with van der Waals surface area (Å²) in [7, 11) is 0. The highest BCUT2D eigenvalue weighted by Crippen LogP contribution is 2.30. The number of carbonyl (C=O) groups is 5. The van der Waals surface area contributed by atoms with Gasteiger partial charge in [-0.2, -0.15) is 0 Å². The Morgan fingerprint density at radius 2 is 1.38 bits per heavy atom. The average Bonchev–Trinajstić information content (AvgIpc) is 3.16. The lowest BCUT2D eigenvalue weighted by atomic mass is 9.95. The summed E-state index contributed by atoms with van der Waals surface area (Å²) in [6.45, 7) is 4.29. The largest absolute Gasteiger partial charge is 0.463 e. The lowest BCUT2D eigenvalue weighted by Gasteiger charge is -2.44. The van der Waals surface area contributed by atoms with Gasteiger partial charge in [-0.15, -0.1) is 0 Å². The zero-order valence-corrected chi connectivity index (χ0v) is 18.8. The van der Waals surface area contributed by atoms with Gasteiger partial charge in [0, 0.05) is 34.1 Å². The van der Waals surface area contributed by atoms with Crippen LogP contribution >= 0.6 is 0 Å². The van der Waals surface area contributed by atoms with Gasteiger partial charge in [0.1, 0.15) is 18.8 Å². The van der Waals surface area contributed by atoms with Crippen LogP contribution in [0.5, 0.6) is 0 Å². The maximum atomic E-state index is 12.7. The Balaban J connectivity index is 2.32. The molecule has 1 amide bonds. The first kappa shape index (κ1) is 25.6. The topological polar surface area (TPSA) is 144 Å². The molecule has 0 spiro atoms. The third kappa shape index (κ3) is 7.77. The predicted octanol–water partition coefficient (Wildman–Crippen LogP) is 0.766. The highest BCUT2D eigenvalue weighted by molar-refractivity contribution is 5.77. The van der Waals surface area contributed by atoms with Crippen LogP contribution in [0.15, 0.2) is 0 Å². The molecule has 2 aliphatic rings. The standard InChI is InChI=1S/C21H31NO10/c1-11(23)28-10-16-19(29-12(2)24)20(30-13(3)25)18(21(32-16)31-14(4)26)22-17(27)9-15-7-5-6-8-15/h15-16,18-21H,5-10H2,1-4H3,(H,22,27)/t16-,18+,19-,20-,21?/m1/s1. The molecular formula is C21H31NO10. The maximum absolute atomic E-state index is 12.7. The molecule has 2 rings (SSSR count). The highest BCUT2D eigenvalue weighted by atomic mass is 16.7. The van der Waals surface area contributed by atoms with E-state index in [4.69, 9.17) is 23.7 Å². The van der Waals surface area contributed by atoms with E-state index in [2.05, 4.69) is 5.32 Å². The first-order chi connectivity index (χ1) is 15.1. The van der Waals surface area contributed by atoms with Crippen molar-refractivity contribution in [2.45, 2.75) is 90.4 Å². The number of carbonyl (C=O) groups excluding carboxylic acids is 5. The number of rotatable bonds is 8. The molecule has 0 radical (unpaired) electrons. The summed E-state index contributed by atoms with van der Waals surface area (Å²) >= 11 is 0. The molecule has 5 atom stereocenters. The number of esters is 4. The minimum absolute atomic E-state index is 0.236. The van der Waals surface area contributed by atoms with E-state index in [1.54, 1.807) is 0 Å². The molecular weight excluding hydrogens is 426 g/mol. The normalized spacial score (nSPS) is 27.8. The molecule has 1 saturated heterocycles. The van der Waals surface area contributed by atoms with E-state index in [-0.39, 0.29) is 24.9 Å². The Morgan fingerprint density at radius 3 is 1.91 bits per heavy atom. The molecule has 0 aromatic carbocycles. The van der Waals surface area contributed by atoms with E-state index in [9.17, 15) is 24.0 Å².